The van der Waals surface area contributed by atoms with Crippen molar-refractivity contribution in [1.82, 2.24) is 0 Å². The number of anilines is 1. The van der Waals surface area contributed by atoms with Crippen molar-refractivity contribution in [3.8, 4) is 22.3 Å². The molecular formula is C31H24FN. The third-order valence-corrected chi connectivity index (χ3v) is 6.14. The maximum absolute atomic E-state index is 13.3. The van der Waals surface area contributed by atoms with Gasteiger partial charge in [-0.25, -0.2) is 4.39 Å². The minimum Gasteiger partial charge on any atom is -0.398 e. The Hall–Kier alpha value is -4.17. The summed E-state index contributed by atoms with van der Waals surface area (Å²) >= 11 is 0. The van der Waals surface area contributed by atoms with Crippen molar-refractivity contribution >= 4 is 22.0 Å². The van der Waals surface area contributed by atoms with Crippen molar-refractivity contribution in [2.24, 2.45) is 0 Å². The van der Waals surface area contributed by atoms with Crippen molar-refractivity contribution in [3.63, 3.8) is 0 Å². The molecule has 0 radical (unpaired) electrons. The molecule has 0 unspecified atom stereocenters. The first-order chi connectivity index (χ1) is 16.1. The SMILES string of the molecule is C=C(Cc1ccccc1N)c1ccc(-c2ccc(-c3ccc(F)cc3)cc2)c2ccccc12. The number of para-hydroxylation sites is 1. The summed E-state index contributed by atoms with van der Waals surface area (Å²) in [5.41, 5.74) is 14.6. The predicted molar refractivity (Wildman–Crippen MR) is 138 cm³/mol. The summed E-state index contributed by atoms with van der Waals surface area (Å²) in [5, 5.41) is 2.36. The Morgan fingerprint density at radius 1 is 0.636 bits per heavy atom. The number of rotatable bonds is 5. The van der Waals surface area contributed by atoms with Gasteiger partial charge in [0.25, 0.3) is 0 Å². The van der Waals surface area contributed by atoms with Crippen molar-refractivity contribution in [1.29, 1.82) is 0 Å². The van der Waals surface area contributed by atoms with Gasteiger partial charge < -0.3 is 5.73 Å². The quantitative estimate of drug-likeness (QED) is 0.280. The lowest BCUT2D eigenvalue weighted by atomic mass is 9.90. The van der Waals surface area contributed by atoms with Crippen LogP contribution in [-0.2, 0) is 6.42 Å². The average molecular weight is 430 g/mol. The molecule has 0 aliphatic heterocycles. The second-order valence-corrected chi connectivity index (χ2v) is 8.27. The number of fused-ring (bicyclic) bond motifs is 1. The van der Waals surface area contributed by atoms with Gasteiger partial charge in [0.15, 0.2) is 0 Å². The summed E-state index contributed by atoms with van der Waals surface area (Å²) in [6, 6.07) is 35.7. The van der Waals surface area contributed by atoms with E-state index in [0.717, 1.165) is 39.1 Å². The first-order valence-electron chi connectivity index (χ1n) is 11.0. The molecule has 0 amide bonds. The predicted octanol–water partition coefficient (Wildman–Crippen LogP) is 8.15. The lowest BCUT2D eigenvalue weighted by Gasteiger charge is -2.15. The number of benzene rings is 5. The molecule has 0 heterocycles. The molecule has 0 aromatic heterocycles. The Morgan fingerprint density at radius 2 is 1.21 bits per heavy atom. The van der Waals surface area contributed by atoms with E-state index in [0.29, 0.717) is 6.42 Å². The van der Waals surface area contributed by atoms with Gasteiger partial charge in [-0.2, -0.15) is 0 Å². The van der Waals surface area contributed by atoms with Gasteiger partial charge in [0.1, 0.15) is 5.82 Å². The number of nitrogens with two attached hydrogens (primary N) is 1. The monoisotopic (exact) mass is 429 g/mol. The zero-order chi connectivity index (χ0) is 22.8. The number of hydrogen-bond donors (Lipinski definition) is 1. The summed E-state index contributed by atoms with van der Waals surface area (Å²) in [6.45, 7) is 4.38. The van der Waals surface area contributed by atoms with E-state index in [2.05, 4.69) is 73.3 Å². The van der Waals surface area contributed by atoms with E-state index in [-0.39, 0.29) is 5.82 Å². The second kappa shape index (κ2) is 8.76. The van der Waals surface area contributed by atoms with Crippen LogP contribution in [0.2, 0.25) is 0 Å². The molecular weight excluding hydrogens is 405 g/mol. The molecule has 0 bridgehead atoms. The van der Waals surface area contributed by atoms with Crippen molar-refractivity contribution < 1.29 is 4.39 Å². The molecule has 1 nitrogen and oxygen atoms in total. The van der Waals surface area contributed by atoms with Crippen molar-refractivity contribution in [2.45, 2.75) is 6.42 Å². The van der Waals surface area contributed by atoms with Crippen LogP contribution in [0.15, 0.2) is 116 Å². The molecule has 0 saturated carbocycles. The van der Waals surface area contributed by atoms with E-state index in [4.69, 9.17) is 5.73 Å². The fourth-order valence-corrected chi connectivity index (χ4v) is 4.36. The van der Waals surface area contributed by atoms with Crippen LogP contribution in [0.1, 0.15) is 11.1 Å². The molecule has 160 valence electrons. The van der Waals surface area contributed by atoms with Crippen LogP contribution in [0, 0.1) is 5.82 Å². The van der Waals surface area contributed by atoms with Crippen LogP contribution in [0.25, 0.3) is 38.6 Å². The Labute approximate surface area is 193 Å². The minimum atomic E-state index is -0.224. The highest BCUT2D eigenvalue weighted by atomic mass is 19.1. The van der Waals surface area contributed by atoms with Crippen LogP contribution in [0.5, 0.6) is 0 Å². The van der Waals surface area contributed by atoms with E-state index in [9.17, 15) is 4.39 Å². The molecule has 0 saturated heterocycles. The van der Waals surface area contributed by atoms with E-state index >= 15 is 0 Å². The molecule has 5 aromatic carbocycles. The van der Waals surface area contributed by atoms with Crippen LogP contribution >= 0.6 is 0 Å². The van der Waals surface area contributed by atoms with E-state index in [1.165, 1.54) is 28.5 Å². The fourth-order valence-electron chi connectivity index (χ4n) is 4.36. The number of allylic oxidation sites excluding steroid dienone is 1. The first-order valence-corrected chi connectivity index (χ1v) is 11.0. The zero-order valence-electron chi connectivity index (χ0n) is 18.3. The number of nitrogen functional groups attached to an aromatic ring is 1. The summed E-state index contributed by atoms with van der Waals surface area (Å²) in [7, 11) is 0. The Balaban J connectivity index is 1.51. The highest BCUT2D eigenvalue weighted by Crippen LogP contribution is 2.35. The van der Waals surface area contributed by atoms with E-state index < -0.39 is 0 Å². The summed E-state index contributed by atoms with van der Waals surface area (Å²) in [5.74, 6) is -0.224. The molecule has 0 fully saturated rings. The Bertz CT molecular complexity index is 1450. The van der Waals surface area contributed by atoms with Gasteiger partial charge in [0.2, 0.25) is 0 Å². The Kier molecular flexibility index (Phi) is 5.50. The third kappa shape index (κ3) is 4.16. The highest BCUT2D eigenvalue weighted by molar-refractivity contribution is 6.03. The topological polar surface area (TPSA) is 26.0 Å². The van der Waals surface area contributed by atoms with Crippen LogP contribution in [0.3, 0.4) is 0 Å². The molecule has 2 N–H and O–H groups in total. The summed E-state index contributed by atoms with van der Waals surface area (Å²) in [4.78, 5) is 0. The van der Waals surface area contributed by atoms with Crippen molar-refractivity contribution in [2.75, 3.05) is 5.73 Å². The van der Waals surface area contributed by atoms with Gasteiger partial charge >= 0.3 is 0 Å². The molecule has 2 heteroatoms. The van der Waals surface area contributed by atoms with E-state index in [1.54, 1.807) is 12.1 Å². The lowest BCUT2D eigenvalue weighted by Crippen LogP contribution is -1.97. The third-order valence-electron chi connectivity index (χ3n) is 6.14. The Morgan fingerprint density at radius 3 is 1.91 bits per heavy atom. The van der Waals surface area contributed by atoms with Gasteiger partial charge in [0.05, 0.1) is 0 Å². The molecule has 0 aliphatic rings. The fraction of sp³-hybridized carbons (Fsp3) is 0.0323. The molecule has 0 atom stereocenters. The van der Waals surface area contributed by atoms with Crippen LogP contribution in [-0.4, -0.2) is 0 Å². The zero-order valence-corrected chi connectivity index (χ0v) is 18.3. The van der Waals surface area contributed by atoms with E-state index in [1.807, 2.05) is 18.2 Å². The number of hydrogen-bond acceptors (Lipinski definition) is 1. The average Bonchev–Trinajstić information content (AvgIpc) is 2.85. The molecule has 0 spiro atoms. The second-order valence-electron chi connectivity index (χ2n) is 8.27. The minimum absolute atomic E-state index is 0.224. The lowest BCUT2D eigenvalue weighted by molar-refractivity contribution is 0.628. The largest absolute Gasteiger partial charge is 0.398 e. The highest BCUT2D eigenvalue weighted by Gasteiger charge is 2.11. The van der Waals surface area contributed by atoms with Gasteiger partial charge in [-0.05, 0) is 74.3 Å². The maximum atomic E-state index is 13.3. The number of halogens is 1. The molecule has 5 rings (SSSR count). The van der Waals surface area contributed by atoms with Crippen molar-refractivity contribution in [3.05, 3.63) is 133 Å². The maximum Gasteiger partial charge on any atom is 0.123 e. The smallest absolute Gasteiger partial charge is 0.123 e. The standard InChI is InChI=1S/C31H24FN/c1-21(20-25-6-2-5-9-31(25)33)27-18-19-28(30-8-4-3-7-29(27)30)24-12-10-22(11-13-24)23-14-16-26(32)17-15-23/h2-19H,1,20,33H2. The first kappa shape index (κ1) is 20.7. The molecule has 0 aliphatic carbocycles. The van der Waals surface area contributed by atoms with Gasteiger partial charge in [-0.3, -0.25) is 0 Å². The van der Waals surface area contributed by atoms with Gasteiger partial charge in [0, 0.05) is 5.69 Å². The van der Waals surface area contributed by atoms with Gasteiger partial charge in [-0.1, -0.05) is 97.6 Å². The van der Waals surface area contributed by atoms with Crippen LogP contribution in [0.4, 0.5) is 10.1 Å². The summed E-state index contributed by atoms with van der Waals surface area (Å²) < 4.78 is 13.3. The molecule has 33 heavy (non-hydrogen) atoms. The normalized spacial score (nSPS) is 10.9. The summed E-state index contributed by atoms with van der Waals surface area (Å²) in [6.07, 6.45) is 0.711. The van der Waals surface area contributed by atoms with Crippen LogP contribution < -0.4 is 5.73 Å². The molecule has 5 aromatic rings. The van der Waals surface area contributed by atoms with Gasteiger partial charge in [-0.15, -0.1) is 0 Å².